The van der Waals surface area contributed by atoms with Crippen LogP contribution >= 0.6 is 0 Å². The quantitative estimate of drug-likeness (QED) is 0.215. The smallest absolute Gasteiger partial charge is 0.333 e. The van der Waals surface area contributed by atoms with Gasteiger partial charge in [-0.3, -0.25) is 0 Å². The molecule has 0 rings (SSSR count). The fourth-order valence-corrected chi connectivity index (χ4v) is 0.710. The highest BCUT2D eigenvalue weighted by Gasteiger charge is 2.21. The summed E-state index contributed by atoms with van der Waals surface area (Å²) in [6.07, 6.45) is 0. The van der Waals surface area contributed by atoms with Crippen molar-refractivity contribution in [3.63, 3.8) is 0 Å². The molecule has 0 aromatic rings. The van der Waals surface area contributed by atoms with E-state index in [0.717, 1.165) is 0 Å². The zero-order chi connectivity index (χ0) is 11.9. The van der Waals surface area contributed by atoms with Crippen molar-refractivity contribution < 1.29 is 19.3 Å². The van der Waals surface area contributed by atoms with Crippen molar-refractivity contribution in [2.24, 2.45) is 5.41 Å². The first-order chi connectivity index (χ1) is 6.89. The molecule has 0 bridgehead atoms. The lowest BCUT2D eigenvalue weighted by molar-refractivity contribution is -0.306. The molecule has 0 radical (unpaired) electrons. The van der Waals surface area contributed by atoms with Gasteiger partial charge in [-0.2, -0.15) is 0 Å². The van der Waals surface area contributed by atoms with Crippen molar-refractivity contribution in [3.05, 3.63) is 12.2 Å². The molecule has 0 aliphatic heterocycles. The van der Waals surface area contributed by atoms with Gasteiger partial charge in [0.2, 0.25) is 0 Å². The van der Waals surface area contributed by atoms with Crippen LogP contribution in [-0.4, -0.2) is 25.8 Å². The van der Waals surface area contributed by atoms with Crippen LogP contribution in [0.5, 0.6) is 0 Å². The Morgan fingerprint density at radius 3 is 2.33 bits per heavy atom. The van der Waals surface area contributed by atoms with Crippen molar-refractivity contribution >= 4 is 5.97 Å². The van der Waals surface area contributed by atoms with Gasteiger partial charge >= 0.3 is 5.97 Å². The van der Waals surface area contributed by atoms with Crippen molar-refractivity contribution in [1.82, 2.24) is 0 Å². The molecule has 0 aromatic heterocycles. The predicted molar refractivity (Wildman–Crippen MR) is 57.1 cm³/mol. The highest BCUT2D eigenvalue weighted by molar-refractivity contribution is 5.86. The van der Waals surface area contributed by atoms with Gasteiger partial charge in [-0.15, -0.1) is 0 Å². The molecule has 0 fully saturated rings. The van der Waals surface area contributed by atoms with Crippen LogP contribution in [0.4, 0.5) is 0 Å². The topological polar surface area (TPSA) is 44.8 Å². The molecule has 88 valence electrons. The minimum Gasteiger partial charge on any atom is -0.462 e. The van der Waals surface area contributed by atoms with Gasteiger partial charge in [0, 0.05) is 11.0 Å². The fraction of sp³-hybridized carbons (Fsp3) is 0.727. The summed E-state index contributed by atoms with van der Waals surface area (Å²) >= 11 is 0. The summed E-state index contributed by atoms with van der Waals surface area (Å²) in [4.78, 5) is 20.8. The van der Waals surface area contributed by atoms with Crippen molar-refractivity contribution in [3.8, 4) is 0 Å². The van der Waals surface area contributed by atoms with Crippen LogP contribution in [0, 0.1) is 5.41 Å². The second kappa shape index (κ2) is 6.58. The average molecular weight is 216 g/mol. The van der Waals surface area contributed by atoms with Crippen molar-refractivity contribution in [1.29, 1.82) is 0 Å². The van der Waals surface area contributed by atoms with Crippen molar-refractivity contribution in [2.75, 3.05) is 19.8 Å². The van der Waals surface area contributed by atoms with Gasteiger partial charge in [-0.25, -0.2) is 14.6 Å². The largest absolute Gasteiger partial charge is 0.462 e. The third-order valence-electron chi connectivity index (χ3n) is 1.59. The molecule has 0 aromatic carbocycles. The molecule has 0 heterocycles. The summed E-state index contributed by atoms with van der Waals surface area (Å²) in [5.74, 6) is -0.375. The summed E-state index contributed by atoms with van der Waals surface area (Å²) in [5, 5.41) is 0. The number of esters is 1. The summed E-state index contributed by atoms with van der Waals surface area (Å²) in [5.41, 5.74) is 0.136. The fourth-order valence-electron chi connectivity index (χ4n) is 0.710. The van der Waals surface area contributed by atoms with Crippen LogP contribution in [-0.2, 0) is 19.3 Å². The molecular formula is C11H20O4. The Balaban J connectivity index is 3.82. The maximum Gasteiger partial charge on any atom is 0.333 e. The van der Waals surface area contributed by atoms with Crippen LogP contribution in [0.1, 0.15) is 27.7 Å². The van der Waals surface area contributed by atoms with E-state index in [-0.39, 0.29) is 18.0 Å². The highest BCUT2D eigenvalue weighted by Crippen LogP contribution is 2.16. The van der Waals surface area contributed by atoms with E-state index in [1.165, 1.54) is 0 Å². The maximum absolute atomic E-state index is 11.1. The van der Waals surface area contributed by atoms with Gasteiger partial charge in [0.25, 0.3) is 0 Å². The summed E-state index contributed by atoms with van der Waals surface area (Å²) in [7, 11) is 0. The van der Waals surface area contributed by atoms with Gasteiger partial charge in [0.15, 0.2) is 0 Å². The zero-order valence-electron chi connectivity index (χ0n) is 9.96. The van der Waals surface area contributed by atoms with Crippen LogP contribution < -0.4 is 0 Å². The predicted octanol–water partition coefficient (Wildman–Crippen LogP) is 2.10. The number of ether oxygens (including phenoxy) is 1. The van der Waals surface area contributed by atoms with Gasteiger partial charge < -0.3 is 4.74 Å². The number of hydrogen-bond acceptors (Lipinski definition) is 4. The van der Waals surface area contributed by atoms with E-state index < -0.39 is 0 Å². The summed E-state index contributed by atoms with van der Waals surface area (Å²) in [6, 6.07) is 0. The van der Waals surface area contributed by atoms with E-state index in [1.807, 2.05) is 20.8 Å². The molecule has 0 saturated heterocycles. The number of hydrogen-bond donors (Lipinski definition) is 0. The molecule has 0 aliphatic carbocycles. The van der Waals surface area contributed by atoms with Gasteiger partial charge in [-0.1, -0.05) is 20.4 Å². The Labute approximate surface area is 91.1 Å². The van der Waals surface area contributed by atoms with Crippen LogP contribution in [0.15, 0.2) is 12.2 Å². The van der Waals surface area contributed by atoms with Gasteiger partial charge in [0.1, 0.15) is 0 Å². The zero-order valence-corrected chi connectivity index (χ0v) is 9.96. The lowest BCUT2D eigenvalue weighted by Gasteiger charge is -2.22. The third kappa shape index (κ3) is 7.11. The molecule has 15 heavy (non-hydrogen) atoms. The minimum atomic E-state index is -0.375. The molecular weight excluding hydrogens is 196 g/mol. The van der Waals surface area contributed by atoms with Crippen LogP contribution in [0.3, 0.4) is 0 Å². The standard InChI is InChI=1S/C11H20O4/c1-6-14-15-8-11(4,5)7-13-10(12)9(2)3/h2,6-8H2,1,3-5H3. The first-order valence-corrected chi connectivity index (χ1v) is 4.96. The normalized spacial score (nSPS) is 11.2. The van der Waals surface area contributed by atoms with Gasteiger partial charge in [-0.05, 0) is 13.8 Å². The number of rotatable bonds is 7. The van der Waals surface area contributed by atoms with E-state index in [9.17, 15) is 4.79 Å². The Kier molecular flexibility index (Phi) is 6.20. The molecule has 0 unspecified atom stereocenters. The van der Waals surface area contributed by atoms with E-state index in [2.05, 4.69) is 6.58 Å². The van der Waals surface area contributed by atoms with Gasteiger partial charge in [0.05, 0.1) is 19.8 Å². The molecule has 0 atom stereocenters. The van der Waals surface area contributed by atoms with Crippen LogP contribution in [0.25, 0.3) is 0 Å². The SMILES string of the molecule is C=C(C)C(=O)OCC(C)(C)COOCC. The first kappa shape index (κ1) is 14.1. The number of carbonyl (C=O) groups excluding carboxylic acids is 1. The lowest BCUT2D eigenvalue weighted by atomic mass is 9.96. The first-order valence-electron chi connectivity index (χ1n) is 4.96. The molecule has 0 N–H and O–H groups in total. The maximum atomic E-state index is 11.1. The Bertz CT molecular complexity index is 221. The molecule has 0 saturated carbocycles. The third-order valence-corrected chi connectivity index (χ3v) is 1.59. The van der Waals surface area contributed by atoms with E-state index in [1.54, 1.807) is 6.92 Å². The number of carbonyl (C=O) groups is 1. The second-order valence-corrected chi connectivity index (χ2v) is 4.19. The average Bonchev–Trinajstić information content (AvgIpc) is 2.14. The Hall–Kier alpha value is -0.870. The lowest BCUT2D eigenvalue weighted by Crippen LogP contribution is -2.27. The molecule has 0 spiro atoms. The second-order valence-electron chi connectivity index (χ2n) is 4.19. The molecule has 4 heteroatoms. The Morgan fingerprint density at radius 1 is 1.27 bits per heavy atom. The van der Waals surface area contributed by atoms with E-state index in [4.69, 9.17) is 14.5 Å². The monoisotopic (exact) mass is 216 g/mol. The molecule has 0 amide bonds. The van der Waals surface area contributed by atoms with E-state index in [0.29, 0.717) is 18.8 Å². The van der Waals surface area contributed by atoms with Crippen molar-refractivity contribution in [2.45, 2.75) is 27.7 Å². The highest BCUT2D eigenvalue weighted by atomic mass is 17.2. The molecule has 0 aliphatic rings. The molecule has 4 nitrogen and oxygen atoms in total. The minimum absolute atomic E-state index is 0.264. The summed E-state index contributed by atoms with van der Waals surface area (Å²) < 4.78 is 5.02. The van der Waals surface area contributed by atoms with E-state index >= 15 is 0 Å². The van der Waals surface area contributed by atoms with Crippen LogP contribution in [0.2, 0.25) is 0 Å². The Morgan fingerprint density at radius 2 is 1.87 bits per heavy atom. The summed E-state index contributed by atoms with van der Waals surface area (Å²) in [6.45, 7) is 12.0.